The van der Waals surface area contributed by atoms with Crippen molar-refractivity contribution in [1.82, 2.24) is 25.7 Å². The summed E-state index contributed by atoms with van der Waals surface area (Å²) < 4.78 is 20.2. The fourth-order valence-electron chi connectivity index (χ4n) is 3.67. The number of ether oxygens (including phenoxy) is 1. The molecule has 1 heterocycles. The van der Waals surface area contributed by atoms with Crippen molar-refractivity contribution in [3.05, 3.63) is 64.9 Å². The van der Waals surface area contributed by atoms with Crippen molar-refractivity contribution in [3.8, 4) is 11.6 Å². The second-order valence-electron chi connectivity index (χ2n) is 8.67. The third kappa shape index (κ3) is 9.20. The highest BCUT2D eigenvalue weighted by atomic mass is 35.5. The first-order chi connectivity index (χ1) is 18.7. The van der Waals surface area contributed by atoms with Gasteiger partial charge in [-0.3, -0.25) is 15.2 Å². The molecule has 0 saturated carbocycles. The summed E-state index contributed by atoms with van der Waals surface area (Å²) in [5.74, 6) is -0.716. The van der Waals surface area contributed by atoms with Crippen LogP contribution in [0, 0.1) is 5.82 Å². The normalized spacial score (nSPS) is 11.4. The fourth-order valence-corrected chi connectivity index (χ4v) is 4.02. The van der Waals surface area contributed by atoms with Crippen molar-refractivity contribution in [2.45, 2.75) is 32.2 Å². The lowest BCUT2D eigenvalue weighted by Gasteiger charge is -2.27. The molecule has 3 aromatic rings. The minimum absolute atomic E-state index is 0.0240. The average molecular weight is 576 g/mol. The Morgan fingerprint density at radius 3 is 2.59 bits per heavy atom. The lowest BCUT2D eigenvalue weighted by Crippen LogP contribution is -2.40. The molecule has 0 bridgehead atoms. The highest BCUT2D eigenvalue weighted by Gasteiger charge is 2.19. The summed E-state index contributed by atoms with van der Waals surface area (Å²) in [7, 11) is 3.60. The van der Waals surface area contributed by atoms with Gasteiger partial charge in [-0.05, 0) is 68.5 Å². The second kappa shape index (κ2) is 14.4. The molecule has 39 heavy (non-hydrogen) atoms. The van der Waals surface area contributed by atoms with Gasteiger partial charge in [0.2, 0.25) is 11.8 Å². The van der Waals surface area contributed by atoms with Crippen molar-refractivity contribution < 1.29 is 18.7 Å². The van der Waals surface area contributed by atoms with Crippen LogP contribution in [0.3, 0.4) is 0 Å². The number of benzene rings is 2. The Bertz CT molecular complexity index is 1290. The van der Waals surface area contributed by atoms with Gasteiger partial charge in [0.25, 0.3) is 0 Å². The molecular formula is C26H31ClFN7O3S. The van der Waals surface area contributed by atoms with Crippen LogP contribution in [0.25, 0.3) is 0 Å². The first kappa shape index (κ1) is 29.8. The van der Waals surface area contributed by atoms with E-state index in [1.807, 2.05) is 14.0 Å². The third-order valence-electron chi connectivity index (χ3n) is 5.80. The van der Waals surface area contributed by atoms with Gasteiger partial charge in [0.05, 0.1) is 6.42 Å². The van der Waals surface area contributed by atoms with Crippen LogP contribution in [0.4, 0.5) is 20.7 Å². The zero-order valence-electron chi connectivity index (χ0n) is 21.8. The van der Waals surface area contributed by atoms with E-state index in [0.717, 1.165) is 24.9 Å². The zero-order valence-corrected chi connectivity index (χ0v) is 23.4. The Hall–Kier alpha value is -3.74. The monoisotopic (exact) mass is 575 g/mol. The van der Waals surface area contributed by atoms with E-state index in [1.165, 1.54) is 24.3 Å². The number of hydrogen-bond acceptors (Lipinski definition) is 6. The minimum atomic E-state index is -0.682. The van der Waals surface area contributed by atoms with Crippen molar-refractivity contribution >= 4 is 52.4 Å². The predicted molar refractivity (Wildman–Crippen MR) is 154 cm³/mol. The van der Waals surface area contributed by atoms with Gasteiger partial charge in [0.1, 0.15) is 5.82 Å². The number of aromatic nitrogens is 2. The molecule has 0 aliphatic rings. The fraction of sp³-hybridized carbons (Fsp3) is 0.308. The third-order valence-corrected chi connectivity index (χ3v) is 6.25. The van der Waals surface area contributed by atoms with Crippen LogP contribution < -0.4 is 26.0 Å². The highest BCUT2D eigenvalue weighted by molar-refractivity contribution is 7.80. The van der Waals surface area contributed by atoms with Gasteiger partial charge in [-0.15, -0.1) is 5.10 Å². The zero-order chi connectivity index (χ0) is 28.4. The number of hydrogen-bond donors (Lipinski definition) is 5. The number of nitrogens with one attached hydrogen (secondary N) is 5. The van der Waals surface area contributed by atoms with E-state index in [9.17, 15) is 14.0 Å². The Labute approximate surface area is 236 Å². The maximum atomic E-state index is 14.7. The van der Waals surface area contributed by atoms with Gasteiger partial charge < -0.3 is 25.6 Å². The Kier molecular flexibility index (Phi) is 11.0. The number of rotatable bonds is 11. The smallest absolute Gasteiger partial charge is 0.322 e. The number of carbonyl (C=O) groups is 2. The molecule has 1 atom stereocenters. The van der Waals surface area contributed by atoms with Crippen molar-refractivity contribution in [2.24, 2.45) is 0 Å². The van der Waals surface area contributed by atoms with Crippen molar-refractivity contribution in [3.63, 3.8) is 0 Å². The summed E-state index contributed by atoms with van der Waals surface area (Å²) in [5, 5.41) is 18.4. The number of thiocarbonyl (C=S) groups is 1. The molecule has 0 aliphatic carbocycles. The van der Waals surface area contributed by atoms with Crippen LogP contribution in [-0.2, 0) is 11.2 Å². The van der Waals surface area contributed by atoms with E-state index in [4.69, 9.17) is 28.6 Å². The molecule has 208 valence electrons. The largest absolute Gasteiger partial charge is 0.434 e. The van der Waals surface area contributed by atoms with Crippen LogP contribution in [-0.4, -0.2) is 58.8 Å². The minimum Gasteiger partial charge on any atom is -0.434 e. The van der Waals surface area contributed by atoms with Crippen LogP contribution in [0.5, 0.6) is 11.6 Å². The van der Waals surface area contributed by atoms with Gasteiger partial charge >= 0.3 is 6.03 Å². The molecule has 3 rings (SSSR count). The van der Waals surface area contributed by atoms with Crippen LogP contribution in [0.1, 0.15) is 25.3 Å². The first-order valence-corrected chi connectivity index (χ1v) is 13.0. The number of carbonyl (C=O) groups excluding carboxylic acids is 2. The summed E-state index contributed by atoms with van der Waals surface area (Å²) in [4.78, 5) is 26.4. The summed E-state index contributed by atoms with van der Waals surface area (Å²) in [6.45, 7) is 2.82. The molecule has 0 aliphatic heterocycles. The number of nitrogens with zero attached hydrogens (tertiary/aromatic N) is 2. The van der Waals surface area contributed by atoms with Crippen molar-refractivity contribution in [1.29, 1.82) is 0 Å². The van der Waals surface area contributed by atoms with E-state index in [2.05, 4.69) is 31.5 Å². The Morgan fingerprint density at radius 1 is 1.18 bits per heavy atom. The first-order valence-electron chi connectivity index (χ1n) is 12.2. The molecule has 0 fully saturated rings. The van der Waals surface area contributed by atoms with E-state index in [0.29, 0.717) is 16.5 Å². The van der Waals surface area contributed by atoms with E-state index >= 15 is 0 Å². The Balaban J connectivity index is 1.52. The van der Waals surface area contributed by atoms with E-state index < -0.39 is 5.82 Å². The molecule has 5 N–H and O–H groups in total. The van der Waals surface area contributed by atoms with E-state index in [1.54, 1.807) is 36.2 Å². The molecular weight excluding hydrogens is 545 g/mol. The molecule has 1 unspecified atom stereocenters. The molecule has 0 radical (unpaired) electrons. The lowest BCUT2D eigenvalue weighted by atomic mass is 10.1. The molecule has 2 aromatic carbocycles. The van der Waals surface area contributed by atoms with Gasteiger partial charge in [0, 0.05) is 35.9 Å². The van der Waals surface area contributed by atoms with Crippen LogP contribution >= 0.6 is 23.8 Å². The topological polar surface area (TPSA) is 123 Å². The number of anilines is 2. The van der Waals surface area contributed by atoms with Gasteiger partial charge in [-0.1, -0.05) is 30.7 Å². The SMILES string of the molecule is CCC(CCNC)N(C)C(=O)Nc1cc(Oc2ccc(NC(=S)NC(=O)Cc3ccc(Cl)cc3)cc2F)n[nH]1. The number of urea groups is 1. The molecule has 13 heteroatoms. The number of amides is 3. The van der Waals surface area contributed by atoms with Crippen LogP contribution in [0.2, 0.25) is 5.02 Å². The van der Waals surface area contributed by atoms with E-state index in [-0.39, 0.29) is 41.1 Å². The Morgan fingerprint density at radius 2 is 1.92 bits per heavy atom. The van der Waals surface area contributed by atoms with Crippen molar-refractivity contribution in [2.75, 3.05) is 31.3 Å². The standard InChI is InChI=1S/C26H31ClFN7O3S/c1-4-19(11-12-29-2)35(3)26(37)31-22-15-24(34-33-22)38-21-10-9-18(14-20(21)28)30-25(39)32-23(36)13-16-5-7-17(27)8-6-16/h5-10,14-15,19,29H,4,11-13H2,1-3H3,(H2,30,32,36,39)(H2,31,33,34,37). The van der Waals surface area contributed by atoms with Crippen LogP contribution in [0.15, 0.2) is 48.5 Å². The quantitative estimate of drug-likeness (QED) is 0.206. The summed E-state index contributed by atoms with van der Waals surface area (Å²) in [5.41, 5.74) is 1.09. The molecule has 3 amide bonds. The van der Waals surface area contributed by atoms with Gasteiger partial charge in [0.15, 0.2) is 16.7 Å². The van der Waals surface area contributed by atoms with Gasteiger partial charge in [-0.2, -0.15) is 0 Å². The highest BCUT2D eigenvalue weighted by Crippen LogP contribution is 2.27. The molecule has 0 spiro atoms. The maximum Gasteiger partial charge on any atom is 0.322 e. The molecule has 0 saturated heterocycles. The second-order valence-corrected chi connectivity index (χ2v) is 9.51. The lowest BCUT2D eigenvalue weighted by molar-refractivity contribution is -0.119. The molecule has 10 nitrogen and oxygen atoms in total. The summed E-state index contributed by atoms with van der Waals surface area (Å²) >= 11 is 11.0. The summed E-state index contributed by atoms with van der Waals surface area (Å²) in [6.07, 6.45) is 1.74. The number of H-pyrrole nitrogens is 1. The van der Waals surface area contributed by atoms with Gasteiger partial charge in [-0.25, -0.2) is 9.18 Å². The summed E-state index contributed by atoms with van der Waals surface area (Å²) in [6, 6.07) is 12.2. The molecule has 1 aromatic heterocycles. The number of halogens is 2. The number of aromatic amines is 1. The maximum absolute atomic E-state index is 14.7. The average Bonchev–Trinajstić information content (AvgIpc) is 3.33. The predicted octanol–water partition coefficient (Wildman–Crippen LogP) is 4.90.